The molecule has 0 spiro atoms. The Morgan fingerprint density at radius 2 is 2.15 bits per heavy atom. The predicted octanol–water partition coefficient (Wildman–Crippen LogP) is 2.16. The molecule has 0 bridgehead atoms. The normalized spacial score (nSPS) is 12.1. The topological polar surface area (TPSA) is 85.4 Å². The minimum atomic E-state index is -0.975. The zero-order valence-corrected chi connectivity index (χ0v) is 11.9. The molecule has 2 aromatic rings. The van der Waals surface area contributed by atoms with E-state index in [1.807, 2.05) is 29.6 Å². The summed E-state index contributed by atoms with van der Waals surface area (Å²) in [7, 11) is 1.63. The standard InChI is InChI=1S/C14H16N2O3S/c1-19-10-4-2-9(3-5-10)12-8-20-13(16-12)7-6-11(15)14(17)18/h2-5,8,11H,6-7,15H2,1H3,(H,17,18). The van der Waals surface area contributed by atoms with Crippen LogP contribution in [0.3, 0.4) is 0 Å². The van der Waals surface area contributed by atoms with Gasteiger partial charge in [0, 0.05) is 17.4 Å². The van der Waals surface area contributed by atoms with Crippen molar-refractivity contribution in [3.63, 3.8) is 0 Å². The number of hydrogen-bond acceptors (Lipinski definition) is 5. The highest BCUT2D eigenvalue weighted by atomic mass is 32.1. The second-order valence-electron chi connectivity index (χ2n) is 4.34. The van der Waals surface area contributed by atoms with Gasteiger partial charge in [-0.2, -0.15) is 0 Å². The summed E-state index contributed by atoms with van der Waals surface area (Å²) in [6, 6.07) is 6.83. The molecule has 0 saturated carbocycles. The second-order valence-corrected chi connectivity index (χ2v) is 5.28. The number of aromatic nitrogens is 1. The molecule has 1 aromatic carbocycles. The van der Waals surface area contributed by atoms with E-state index in [-0.39, 0.29) is 0 Å². The second kappa shape index (κ2) is 6.49. The van der Waals surface area contributed by atoms with Crippen LogP contribution in [-0.4, -0.2) is 29.2 Å². The minimum absolute atomic E-state index is 0.394. The van der Waals surface area contributed by atoms with Crippen LogP contribution in [0.4, 0.5) is 0 Å². The van der Waals surface area contributed by atoms with Gasteiger partial charge < -0.3 is 15.6 Å². The number of aliphatic carboxylic acids is 1. The van der Waals surface area contributed by atoms with E-state index < -0.39 is 12.0 Å². The number of aryl methyl sites for hydroxylation is 1. The molecule has 2 rings (SSSR count). The van der Waals surface area contributed by atoms with Gasteiger partial charge in [0.2, 0.25) is 0 Å². The maximum atomic E-state index is 10.7. The molecule has 1 unspecified atom stereocenters. The number of hydrogen-bond donors (Lipinski definition) is 2. The van der Waals surface area contributed by atoms with Crippen LogP contribution in [0.15, 0.2) is 29.6 Å². The van der Waals surface area contributed by atoms with Crippen molar-refractivity contribution in [1.82, 2.24) is 4.98 Å². The van der Waals surface area contributed by atoms with Crippen LogP contribution in [0.2, 0.25) is 0 Å². The lowest BCUT2D eigenvalue weighted by Crippen LogP contribution is -2.30. The van der Waals surface area contributed by atoms with Gasteiger partial charge in [0.1, 0.15) is 11.8 Å². The van der Waals surface area contributed by atoms with E-state index in [2.05, 4.69) is 4.98 Å². The fraction of sp³-hybridized carbons (Fsp3) is 0.286. The summed E-state index contributed by atoms with van der Waals surface area (Å²) in [5.41, 5.74) is 7.37. The Kier molecular flexibility index (Phi) is 4.70. The predicted molar refractivity (Wildman–Crippen MR) is 78.0 cm³/mol. The first kappa shape index (κ1) is 14.5. The van der Waals surface area contributed by atoms with E-state index in [4.69, 9.17) is 15.6 Å². The van der Waals surface area contributed by atoms with Crippen molar-refractivity contribution in [1.29, 1.82) is 0 Å². The number of thiazole rings is 1. The van der Waals surface area contributed by atoms with Crippen molar-refractivity contribution in [2.75, 3.05) is 7.11 Å². The van der Waals surface area contributed by atoms with Crippen LogP contribution in [0.25, 0.3) is 11.3 Å². The maximum absolute atomic E-state index is 10.7. The molecule has 0 aliphatic heterocycles. The number of nitrogens with two attached hydrogens (primary N) is 1. The average molecular weight is 292 g/mol. The zero-order chi connectivity index (χ0) is 14.5. The van der Waals surface area contributed by atoms with Gasteiger partial charge in [-0.25, -0.2) is 4.98 Å². The molecular weight excluding hydrogens is 276 g/mol. The summed E-state index contributed by atoms with van der Waals surface area (Å²) >= 11 is 1.52. The first-order valence-electron chi connectivity index (χ1n) is 6.17. The van der Waals surface area contributed by atoms with E-state index in [1.54, 1.807) is 7.11 Å². The SMILES string of the molecule is COc1ccc(-c2csc(CCC(N)C(=O)O)n2)cc1. The fourth-order valence-electron chi connectivity index (χ4n) is 1.72. The summed E-state index contributed by atoms with van der Waals surface area (Å²) in [6.07, 6.45) is 0.971. The van der Waals surface area contributed by atoms with E-state index >= 15 is 0 Å². The molecule has 0 fully saturated rings. The lowest BCUT2D eigenvalue weighted by atomic mass is 10.1. The zero-order valence-electron chi connectivity index (χ0n) is 11.1. The van der Waals surface area contributed by atoms with E-state index in [1.165, 1.54) is 11.3 Å². The van der Waals surface area contributed by atoms with Crippen molar-refractivity contribution >= 4 is 17.3 Å². The van der Waals surface area contributed by atoms with Crippen molar-refractivity contribution in [2.24, 2.45) is 5.73 Å². The Balaban J connectivity index is 2.02. The summed E-state index contributed by atoms with van der Waals surface area (Å²) in [5, 5.41) is 11.6. The highest BCUT2D eigenvalue weighted by molar-refractivity contribution is 7.09. The van der Waals surface area contributed by atoms with Crippen LogP contribution in [-0.2, 0) is 11.2 Å². The van der Waals surface area contributed by atoms with Gasteiger partial charge >= 0.3 is 5.97 Å². The third-order valence-electron chi connectivity index (χ3n) is 2.92. The van der Waals surface area contributed by atoms with Gasteiger partial charge in [-0.1, -0.05) is 0 Å². The highest BCUT2D eigenvalue weighted by Gasteiger charge is 2.12. The molecule has 20 heavy (non-hydrogen) atoms. The highest BCUT2D eigenvalue weighted by Crippen LogP contribution is 2.24. The molecule has 0 amide bonds. The number of methoxy groups -OCH3 is 1. The molecule has 0 aliphatic rings. The van der Waals surface area contributed by atoms with Gasteiger partial charge in [0.15, 0.2) is 0 Å². The quantitative estimate of drug-likeness (QED) is 0.852. The van der Waals surface area contributed by atoms with Crippen LogP contribution < -0.4 is 10.5 Å². The van der Waals surface area contributed by atoms with Crippen LogP contribution in [0.5, 0.6) is 5.75 Å². The molecule has 0 saturated heterocycles. The number of carboxylic acids is 1. The van der Waals surface area contributed by atoms with Crippen molar-refractivity contribution in [3.8, 4) is 17.0 Å². The lowest BCUT2D eigenvalue weighted by Gasteiger charge is -2.03. The molecule has 1 heterocycles. The molecule has 0 radical (unpaired) electrons. The van der Waals surface area contributed by atoms with Crippen molar-refractivity contribution in [2.45, 2.75) is 18.9 Å². The summed E-state index contributed by atoms with van der Waals surface area (Å²) < 4.78 is 5.11. The molecule has 1 atom stereocenters. The summed E-state index contributed by atoms with van der Waals surface area (Å²) in [4.78, 5) is 15.2. The summed E-state index contributed by atoms with van der Waals surface area (Å²) in [6.45, 7) is 0. The van der Waals surface area contributed by atoms with Crippen molar-refractivity contribution in [3.05, 3.63) is 34.7 Å². The number of benzene rings is 1. The van der Waals surface area contributed by atoms with Gasteiger partial charge in [0.25, 0.3) is 0 Å². The van der Waals surface area contributed by atoms with E-state index in [9.17, 15) is 4.79 Å². The molecular formula is C14H16N2O3S. The third kappa shape index (κ3) is 3.55. The van der Waals surface area contributed by atoms with E-state index in [0.717, 1.165) is 22.0 Å². The van der Waals surface area contributed by atoms with Crippen LogP contribution in [0, 0.1) is 0 Å². The monoisotopic (exact) mass is 292 g/mol. The van der Waals surface area contributed by atoms with Crippen LogP contribution >= 0.6 is 11.3 Å². The Morgan fingerprint density at radius 1 is 1.45 bits per heavy atom. The largest absolute Gasteiger partial charge is 0.497 e. The van der Waals surface area contributed by atoms with Gasteiger partial charge in [-0.05, 0) is 30.7 Å². The van der Waals surface area contributed by atoms with Gasteiger partial charge in [0.05, 0.1) is 17.8 Å². The fourth-order valence-corrected chi connectivity index (χ4v) is 2.55. The number of carbonyl (C=O) groups is 1. The Morgan fingerprint density at radius 3 is 2.75 bits per heavy atom. The maximum Gasteiger partial charge on any atom is 0.320 e. The van der Waals surface area contributed by atoms with Gasteiger partial charge in [-0.15, -0.1) is 11.3 Å². The molecule has 1 aromatic heterocycles. The Labute approximate surface area is 121 Å². The molecule has 6 heteroatoms. The molecule has 3 N–H and O–H groups in total. The smallest absolute Gasteiger partial charge is 0.320 e. The van der Waals surface area contributed by atoms with Crippen molar-refractivity contribution < 1.29 is 14.6 Å². The number of ether oxygens (including phenoxy) is 1. The van der Waals surface area contributed by atoms with Gasteiger partial charge in [-0.3, -0.25) is 4.79 Å². The molecule has 106 valence electrons. The Hall–Kier alpha value is -1.92. The Bertz CT molecular complexity index is 580. The number of nitrogens with zero attached hydrogens (tertiary/aromatic N) is 1. The number of rotatable bonds is 6. The first-order valence-corrected chi connectivity index (χ1v) is 7.05. The molecule has 5 nitrogen and oxygen atoms in total. The lowest BCUT2D eigenvalue weighted by molar-refractivity contribution is -0.138. The molecule has 0 aliphatic carbocycles. The van der Waals surface area contributed by atoms with Crippen LogP contribution in [0.1, 0.15) is 11.4 Å². The average Bonchev–Trinajstić information content (AvgIpc) is 2.93. The van der Waals surface area contributed by atoms with E-state index in [0.29, 0.717) is 12.8 Å². The first-order chi connectivity index (χ1) is 9.60. The number of carboxylic acid groups (broad SMARTS) is 1. The third-order valence-corrected chi connectivity index (χ3v) is 3.83. The summed E-state index contributed by atoms with van der Waals surface area (Å²) in [5.74, 6) is -0.173. The minimum Gasteiger partial charge on any atom is -0.497 e.